The summed E-state index contributed by atoms with van der Waals surface area (Å²) in [6.45, 7) is 8.36. The van der Waals surface area contributed by atoms with Crippen LogP contribution in [-0.2, 0) is 32.3 Å². The number of unbranched alkanes of at least 4 members (excludes halogenated alkanes) is 4. The molecule has 0 fully saturated rings. The maximum atomic E-state index is 12.2. The summed E-state index contributed by atoms with van der Waals surface area (Å²) in [6, 6.07) is 16.1. The third kappa shape index (κ3) is 13.2. The van der Waals surface area contributed by atoms with Crippen molar-refractivity contribution in [3.05, 3.63) is 59.7 Å². The number of ether oxygens (including phenoxy) is 2. The van der Waals surface area contributed by atoms with Crippen molar-refractivity contribution in [3.8, 4) is 11.1 Å². The lowest BCUT2D eigenvalue weighted by atomic mass is 10.0. The van der Waals surface area contributed by atoms with E-state index in [9.17, 15) is 9.59 Å². The maximum absolute atomic E-state index is 12.2. The van der Waals surface area contributed by atoms with E-state index < -0.39 is 0 Å². The molecule has 0 heterocycles. The second-order valence-electron chi connectivity index (χ2n) is 10.2. The van der Waals surface area contributed by atoms with Crippen molar-refractivity contribution in [2.24, 2.45) is 0 Å². The molecular weight excluding hydrogens is 476 g/mol. The molecular formula is C32H48N2O4. The third-order valence-corrected chi connectivity index (χ3v) is 6.67. The quantitative estimate of drug-likeness (QED) is 0.155. The zero-order valence-corrected chi connectivity index (χ0v) is 24.0. The Morgan fingerprint density at radius 2 is 1.05 bits per heavy atom. The number of benzene rings is 2. The average Bonchev–Trinajstić information content (AvgIpc) is 2.93. The Kier molecular flexibility index (Phi) is 15.4. The van der Waals surface area contributed by atoms with E-state index in [2.05, 4.69) is 37.7 Å². The number of carbonyl (C=O) groups is 2. The molecule has 0 aliphatic rings. The molecule has 0 aromatic heterocycles. The van der Waals surface area contributed by atoms with Crippen LogP contribution in [0.3, 0.4) is 0 Å². The molecule has 0 unspecified atom stereocenters. The molecule has 210 valence electrons. The van der Waals surface area contributed by atoms with Crippen molar-refractivity contribution < 1.29 is 19.1 Å². The number of esters is 2. The van der Waals surface area contributed by atoms with Gasteiger partial charge in [0.25, 0.3) is 0 Å². The second kappa shape index (κ2) is 18.5. The van der Waals surface area contributed by atoms with E-state index in [1.54, 1.807) is 0 Å². The molecule has 0 aliphatic carbocycles. The van der Waals surface area contributed by atoms with Crippen LogP contribution < -0.4 is 0 Å². The van der Waals surface area contributed by atoms with Crippen LogP contribution in [0.1, 0.15) is 76.3 Å². The number of rotatable bonds is 19. The molecule has 0 saturated heterocycles. The maximum Gasteiger partial charge on any atom is 0.307 e. The van der Waals surface area contributed by atoms with Gasteiger partial charge < -0.3 is 19.3 Å². The lowest BCUT2D eigenvalue weighted by molar-refractivity contribution is -0.146. The molecule has 0 saturated carbocycles. The Morgan fingerprint density at radius 1 is 0.632 bits per heavy atom. The summed E-state index contributed by atoms with van der Waals surface area (Å²) in [5.74, 6) is -0.345. The predicted molar refractivity (Wildman–Crippen MR) is 155 cm³/mol. The van der Waals surface area contributed by atoms with E-state index in [1.165, 1.54) is 25.7 Å². The van der Waals surface area contributed by atoms with Crippen molar-refractivity contribution in [1.29, 1.82) is 0 Å². The Bertz CT molecular complexity index is 884. The third-order valence-electron chi connectivity index (χ3n) is 6.67. The molecule has 38 heavy (non-hydrogen) atoms. The molecule has 6 heteroatoms. The highest BCUT2D eigenvalue weighted by molar-refractivity contribution is 5.70. The van der Waals surface area contributed by atoms with Crippen LogP contribution in [0.2, 0.25) is 0 Å². The topological polar surface area (TPSA) is 59.1 Å². The first-order chi connectivity index (χ1) is 18.4. The van der Waals surface area contributed by atoms with E-state index in [4.69, 9.17) is 9.47 Å². The molecule has 2 aromatic rings. The number of nitrogens with zero attached hydrogens (tertiary/aromatic N) is 2. The van der Waals surface area contributed by atoms with E-state index in [-0.39, 0.29) is 25.2 Å². The van der Waals surface area contributed by atoms with Gasteiger partial charge in [-0.3, -0.25) is 9.59 Å². The first-order valence-electron chi connectivity index (χ1n) is 14.3. The van der Waals surface area contributed by atoms with E-state index >= 15 is 0 Å². The van der Waals surface area contributed by atoms with Gasteiger partial charge in [-0.1, -0.05) is 75.9 Å². The molecule has 0 radical (unpaired) electrons. The van der Waals surface area contributed by atoms with Crippen LogP contribution in [0.4, 0.5) is 0 Å². The lowest BCUT2D eigenvalue weighted by Crippen LogP contribution is -2.23. The lowest BCUT2D eigenvalue weighted by Gasteiger charge is -2.16. The number of hydrogen-bond donors (Lipinski definition) is 0. The van der Waals surface area contributed by atoms with E-state index in [1.807, 2.05) is 48.5 Å². The molecule has 0 atom stereocenters. The van der Waals surface area contributed by atoms with Gasteiger partial charge in [0.1, 0.15) is 13.2 Å². The minimum absolute atomic E-state index is 0.172. The summed E-state index contributed by atoms with van der Waals surface area (Å²) < 4.78 is 11.0. The molecule has 2 aromatic carbocycles. The van der Waals surface area contributed by atoms with Gasteiger partial charge in [-0.05, 0) is 74.4 Å². The van der Waals surface area contributed by atoms with Gasteiger partial charge in [-0.25, -0.2) is 0 Å². The van der Waals surface area contributed by atoms with E-state index in [0.717, 1.165) is 61.3 Å². The molecule has 0 aliphatic heterocycles. The van der Waals surface area contributed by atoms with E-state index in [0.29, 0.717) is 12.8 Å². The Hall–Kier alpha value is -2.70. The largest absolute Gasteiger partial charge is 0.461 e. The molecule has 2 rings (SSSR count). The van der Waals surface area contributed by atoms with Crippen LogP contribution in [-0.4, -0.2) is 62.0 Å². The molecule has 0 bridgehead atoms. The first-order valence-corrected chi connectivity index (χ1v) is 14.3. The summed E-state index contributed by atoms with van der Waals surface area (Å²) in [5, 5.41) is 0. The van der Waals surface area contributed by atoms with Gasteiger partial charge >= 0.3 is 11.9 Å². The summed E-state index contributed by atoms with van der Waals surface area (Å²) >= 11 is 0. The molecule has 6 nitrogen and oxygen atoms in total. The van der Waals surface area contributed by atoms with Gasteiger partial charge in [0, 0.05) is 13.1 Å². The summed E-state index contributed by atoms with van der Waals surface area (Å²) in [5.41, 5.74) is 3.98. The van der Waals surface area contributed by atoms with Crippen molar-refractivity contribution in [3.63, 3.8) is 0 Å². The molecule has 0 N–H and O–H groups in total. The fourth-order valence-electron chi connectivity index (χ4n) is 4.20. The number of hydrogen-bond acceptors (Lipinski definition) is 6. The molecule has 0 spiro atoms. The smallest absolute Gasteiger partial charge is 0.307 e. The number of carbonyl (C=O) groups excluding carboxylic acids is 2. The zero-order valence-electron chi connectivity index (χ0n) is 24.0. The van der Waals surface area contributed by atoms with Crippen molar-refractivity contribution in [2.75, 3.05) is 40.3 Å². The monoisotopic (exact) mass is 524 g/mol. The average molecular weight is 525 g/mol. The van der Waals surface area contributed by atoms with Crippen molar-refractivity contribution >= 4 is 11.9 Å². The van der Waals surface area contributed by atoms with Crippen LogP contribution in [0.5, 0.6) is 0 Å². The van der Waals surface area contributed by atoms with Gasteiger partial charge in [-0.15, -0.1) is 0 Å². The van der Waals surface area contributed by atoms with Gasteiger partial charge in [-0.2, -0.15) is 0 Å². The van der Waals surface area contributed by atoms with Crippen LogP contribution in [0.25, 0.3) is 11.1 Å². The Morgan fingerprint density at radius 3 is 1.45 bits per heavy atom. The highest BCUT2D eigenvalue weighted by Crippen LogP contribution is 2.22. The fourth-order valence-corrected chi connectivity index (χ4v) is 4.20. The van der Waals surface area contributed by atoms with Crippen LogP contribution in [0.15, 0.2) is 48.5 Å². The SMILES string of the molecule is CCCCCN(C)CCC(=O)OCc1cccc(-c2cccc(COC(=O)CCN(C)CCCCC)c2)c1. The van der Waals surface area contributed by atoms with Crippen LogP contribution in [0, 0.1) is 0 Å². The normalized spacial score (nSPS) is 11.2. The highest BCUT2D eigenvalue weighted by atomic mass is 16.5. The summed E-state index contributed by atoms with van der Waals surface area (Å²) in [4.78, 5) is 28.8. The zero-order chi connectivity index (χ0) is 27.6. The summed E-state index contributed by atoms with van der Waals surface area (Å²) in [6.07, 6.45) is 7.96. The van der Waals surface area contributed by atoms with Gasteiger partial charge in [0.2, 0.25) is 0 Å². The first kappa shape index (κ1) is 31.5. The van der Waals surface area contributed by atoms with Crippen molar-refractivity contribution in [1.82, 2.24) is 9.80 Å². The Labute approximate surface area is 230 Å². The molecule has 0 amide bonds. The van der Waals surface area contributed by atoms with Gasteiger partial charge in [0.05, 0.1) is 12.8 Å². The standard InChI is InChI=1S/C32H48N2O4/c1-5-7-9-19-33(3)21-17-31(35)37-25-27-13-11-15-29(23-27)30-16-12-14-28(24-30)26-38-32(36)18-22-34(4)20-10-8-6-2/h11-16,23-24H,5-10,17-22,25-26H2,1-4H3. The Balaban J connectivity index is 1.80. The minimum Gasteiger partial charge on any atom is -0.461 e. The van der Waals surface area contributed by atoms with Crippen molar-refractivity contribution in [2.45, 2.75) is 78.4 Å². The second-order valence-corrected chi connectivity index (χ2v) is 10.2. The highest BCUT2D eigenvalue weighted by Gasteiger charge is 2.09. The summed E-state index contributed by atoms with van der Waals surface area (Å²) in [7, 11) is 4.10. The minimum atomic E-state index is -0.172. The predicted octanol–water partition coefficient (Wildman–Crippen LogP) is 6.46. The van der Waals surface area contributed by atoms with Gasteiger partial charge in [0.15, 0.2) is 0 Å². The van der Waals surface area contributed by atoms with Crippen LogP contribution >= 0.6 is 0 Å². The fraction of sp³-hybridized carbons (Fsp3) is 0.562.